The fourth-order valence-electron chi connectivity index (χ4n) is 4.03. The third-order valence-corrected chi connectivity index (χ3v) is 6.03. The van der Waals surface area contributed by atoms with Gasteiger partial charge in [0.2, 0.25) is 0 Å². The Balaban J connectivity index is 3.28. The van der Waals surface area contributed by atoms with Crippen molar-refractivity contribution in [3.8, 4) is 0 Å². The molecule has 0 saturated carbocycles. The first-order valence-electron chi connectivity index (χ1n) is 13.0. The van der Waals surface area contributed by atoms with Crippen LogP contribution in [0.15, 0.2) is 5.16 Å². The number of oxime groups is 1. The Kier molecular flexibility index (Phi) is 24.0. The molecule has 0 bridgehead atoms. The van der Waals surface area contributed by atoms with Gasteiger partial charge in [0.1, 0.15) is 0 Å². The average Bonchev–Trinajstić information content (AvgIpc) is 2.71. The minimum atomic E-state index is 1.00. The number of hydrogen-bond donors (Lipinski definition) is 1. The molecule has 0 fully saturated rings. The van der Waals surface area contributed by atoms with E-state index >= 15 is 0 Å². The van der Waals surface area contributed by atoms with Crippen molar-refractivity contribution >= 4 is 5.71 Å². The molecule has 0 amide bonds. The summed E-state index contributed by atoms with van der Waals surface area (Å²) in [6.45, 7) is 4.56. The highest BCUT2D eigenvalue weighted by atomic mass is 16.4. The Morgan fingerprint density at radius 3 is 0.929 bits per heavy atom. The first kappa shape index (κ1) is 27.5. The molecule has 28 heavy (non-hydrogen) atoms. The summed E-state index contributed by atoms with van der Waals surface area (Å²) in [7, 11) is 0. The predicted octanol–water partition coefficient (Wildman–Crippen LogP) is 9.83. The Bertz CT molecular complexity index is 314. The molecule has 0 spiro atoms. The van der Waals surface area contributed by atoms with Crippen LogP contribution in [0.2, 0.25) is 0 Å². The van der Waals surface area contributed by atoms with E-state index in [1.165, 1.54) is 135 Å². The number of hydrogen-bond acceptors (Lipinski definition) is 2. The van der Waals surface area contributed by atoms with Crippen molar-refractivity contribution in [1.29, 1.82) is 0 Å². The van der Waals surface area contributed by atoms with E-state index in [9.17, 15) is 5.21 Å². The van der Waals surface area contributed by atoms with E-state index in [0.29, 0.717) is 0 Å². The summed E-state index contributed by atoms with van der Waals surface area (Å²) in [5, 5.41) is 12.8. The summed E-state index contributed by atoms with van der Waals surface area (Å²) >= 11 is 0. The van der Waals surface area contributed by atoms with Gasteiger partial charge in [0.15, 0.2) is 0 Å². The summed E-state index contributed by atoms with van der Waals surface area (Å²) in [5.41, 5.74) is 1.04. The third-order valence-electron chi connectivity index (χ3n) is 6.03. The lowest BCUT2D eigenvalue weighted by atomic mass is 10.0. The Hall–Kier alpha value is -0.530. The molecule has 0 aliphatic carbocycles. The minimum absolute atomic E-state index is 1.00. The SMILES string of the molecule is CCCCCCCCCCCCCCCC(CCCCCCCCCC)=NO. The topological polar surface area (TPSA) is 32.6 Å². The van der Waals surface area contributed by atoms with Crippen LogP contribution in [0, 0.1) is 0 Å². The molecule has 0 rings (SSSR count). The van der Waals surface area contributed by atoms with E-state index in [4.69, 9.17) is 0 Å². The molecular weight excluding hydrogens is 342 g/mol. The van der Waals surface area contributed by atoms with Crippen LogP contribution < -0.4 is 0 Å². The molecule has 2 heteroatoms. The van der Waals surface area contributed by atoms with Crippen LogP contribution in [0.3, 0.4) is 0 Å². The third kappa shape index (κ3) is 21.8. The molecule has 0 aromatic rings. The first-order valence-corrected chi connectivity index (χ1v) is 13.0. The van der Waals surface area contributed by atoms with Crippen molar-refractivity contribution in [2.45, 2.75) is 162 Å². The summed E-state index contributed by atoms with van der Waals surface area (Å²) < 4.78 is 0. The highest BCUT2D eigenvalue weighted by Gasteiger charge is 2.01. The molecule has 0 unspecified atom stereocenters. The number of rotatable bonds is 23. The zero-order valence-electron chi connectivity index (χ0n) is 19.7. The molecule has 0 aromatic heterocycles. The van der Waals surface area contributed by atoms with Gasteiger partial charge in [-0.1, -0.05) is 141 Å². The predicted molar refractivity (Wildman–Crippen MR) is 127 cm³/mol. The van der Waals surface area contributed by atoms with Gasteiger partial charge in [0.05, 0.1) is 5.71 Å². The second kappa shape index (κ2) is 24.5. The maximum absolute atomic E-state index is 9.21. The van der Waals surface area contributed by atoms with E-state index in [1.807, 2.05) is 0 Å². The van der Waals surface area contributed by atoms with Gasteiger partial charge >= 0.3 is 0 Å². The van der Waals surface area contributed by atoms with E-state index in [1.54, 1.807) is 0 Å². The second-order valence-corrected chi connectivity index (χ2v) is 8.88. The fourth-order valence-corrected chi connectivity index (χ4v) is 4.03. The van der Waals surface area contributed by atoms with Crippen molar-refractivity contribution < 1.29 is 5.21 Å². The summed E-state index contributed by atoms with van der Waals surface area (Å²) in [5.74, 6) is 0. The van der Waals surface area contributed by atoms with Crippen LogP contribution >= 0.6 is 0 Å². The highest BCUT2D eigenvalue weighted by Crippen LogP contribution is 2.15. The molecule has 2 nitrogen and oxygen atoms in total. The zero-order valence-corrected chi connectivity index (χ0v) is 19.7. The van der Waals surface area contributed by atoms with Gasteiger partial charge in [-0.05, 0) is 25.7 Å². The van der Waals surface area contributed by atoms with Crippen LogP contribution in [0.5, 0.6) is 0 Å². The molecule has 168 valence electrons. The standard InChI is InChI=1S/C26H53NO/c1-3-5-7-9-11-13-14-15-16-17-19-21-23-25-26(27-28)24-22-20-18-12-10-8-6-4-2/h28H,3-25H2,1-2H3. The van der Waals surface area contributed by atoms with Gasteiger partial charge in [-0.15, -0.1) is 0 Å². The zero-order chi connectivity index (χ0) is 20.5. The van der Waals surface area contributed by atoms with Crippen LogP contribution in [-0.2, 0) is 0 Å². The smallest absolute Gasteiger partial charge is 0.0570 e. The molecule has 0 saturated heterocycles. The van der Waals surface area contributed by atoms with Crippen molar-refractivity contribution in [3.05, 3.63) is 0 Å². The summed E-state index contributed by atoms with van der Waals surface area (Å²) in [6.07, 6.45) is 30.8. The summed E-state index contributed by atoms with van der Waals surface area (Å²) in [6, 6.07) is 0. The fraction of sp³-hybridized carbons (Fsp3) is 0.962. The monoisotopic (exact) mass is 395 g/mol. The normalized spacial score (nSPS) is 12.0. The average molecular weight is 396 g/mol. The van der Waals surface area contributed by atoms with Crippen LogP contribution in [0.25, 0.3) is 0 Å². The van der Waals surface area contributed by atoms with Gasteiger partial charge in [-0.25, -0.2) is 0 Å². The van der Waals surface area contributed by atoms with Crippen molar-refractivity contribution in [2.75, 3.05) is 0 Å². The van der Waals surface area contributed by atoms with Crippen LogP contribution in [-0.4, -0.2) is 10.9 Å². The Labute approximate surface area is 178 Å². The van der Waals surface area contributed by atoms with E-state index in [-0.39, 0.29) is 0 Å². The lowest BCUT2D eigenvalue weighted by Crippen LogP contribution is -1.99. The van der Waals surface area contributed by atoms with E-state index in [2.05, 4.69) is 19.0 Å². The van der Waals surface area contributed by atoms with Crippen molar-refractivity contribution in [2.24, 2.45) is 5.16 Å². The van der Waals surface area contributed by atoms with Gasteiger partial charge in [-0.3, -0.25) is 0 Å². The molecule has 0 aliphatic heterocycles. The number of nitrogens with zero attached hydrogens (tertiary/aromatic N) is 1. The largest absolute Gasteiger partial charge is 0.411 e. The lowest BCUT2D eigenvalue weighted by Gasteiger charge is -2.06. The Morgan fingerprint density at radius 2 is 0.679 bits per heavy atom. The van der Waals surface area contributed by atoms with Gasteiger partial charge < -0.3 is 5.21 Å². The Morgan fingerprint density at radius 1 is 0.429 bits per heavy atom. The molecular formula is C26H53NO. The molecule has 1 N–H and O–H groups in total. The highest BCUT2D eigenvalue weighted by molar-refractivity contribution is 5.83. The molecule has 0 aromatic carbocycles. The van der Waals surface area contributed by atoms with E-state index < -0.39 is 0 Å². The van der Waals surface area contributed by atoms with Gasteiger partial charge in [0, 0.05) is 0 Å². The van der Waals surface area contributed by atoms with Crippen molar-refractivity contribution in [1.82, 2.24) is 0 Å². The maximum Gasteiger partial charge on any atom is 0.0570 e. The summed E-state index contributed by atoms with van der Waals surface area (Å²) in [4.78, 5) is 0. The number of unbranched alkanes of at least 4 members (excludes halogenated alkanes) is 19. The van der Waals surface area contributed by atoms with E-state index in [0.717, 1.165) is 18.6 Å². The van der Waals surface area contributed by atoms with Crippen LogP contribution in [0.1, 0.15) is 162 Å². The lowest BCUT2D eigenvalue weighted by molar-refractivity contribution is 0.315. The van der Waals surface area contributed by atoms with Gasteiger partial charge in [-0.2, -0.15) is 0 Å². The maximum atomic E-state index is 9.21. The quantitative estimate of drug-likeness (QED) is 0.0793. The molecule has 0 atom stereocenters. The molecule has 0 aliphatic rings. The second-order valence-electron chi connectivity index (χ2n) is 8.88. The van der Waals surface area contributed by atoms with Crippen molar-refractivity contribution in [3.63, 3.8) is 0 Å². The first-order chi connectivity index (χ1) is 13.8. The van der Waals surface area contributed by atoms with Gasteiger partial charge in [0.25, 0.3) is 0 Å². The molecule has 0 heterocycles. The molecule has 0 radical (unpaired) electrons. The van der Waals surface area contributed by atoms with Crippen LogP contribution in [0.4, 0.5) is 0 Å². The minimum Gasteiger partial charge on any atom is -0.411 e.